The lowest BCUT2D eigenvalue weighted by Gasteiger charge is -2.35. The summed E-state index contributed by atoms with van der Waals surface area (Å²) in [7, 11) is 3.47. The Morgan fingerprint density at radius 2 is 1.68 bits per heavy atom. The first-order valence-corrected chi connectivity index (χ1v) is 20.4. The van der Waals surface area contributed by atoms with Crippen LogP contribution in [0.1, 0.15) is 79.7 Å². The van der Waals surface area contributed by atoms with Crippen LogP contribution >= 0.6 is 0 Å². The molecule has 1 aliphatic carbocycles. The highest BCUT2D eigenvalue weighted by molar-refractivity contribution is 6.09. The molecule has 0 bridgehead atoms. The number of carbonyl (C=O) groups excluding carboxylic acids is 4. The van der Waals surface area contributed by atoms with Crippen molar-refractivity contribution in [1.82, 2.24) is 36.3 Å². The van der Waals surface area contributed by atoms with Gasteiger partial charge in [0.1, 0.15) is 24.5 Å². The van der Waals surface area contributed by atoms with Gasteiger partial charge in [0.15, 0.2) is 5.75 Å². The topological polar surface area (TPSA) is 205 Å². The molecule has 2 aromatic heterocycles. The number of rotatable bonds is 21. The van der Waals surface area contributed by atoms with Gasteiger partial charge in [-0.05, 0) is 63.1 Å². The molecule has 0 radical (unpaired) electrons. The molecule has 4 aromatic rings. The SMILES string of the molecule is CN[C@@H](CC(C)C)C(=O)N(C)[C@@H](C(=O)N[C@@H](COc1cnc2ccccc2c1C(=O)N[C@@H](CC(=O)O)C(=O)NCCc1cc(C)no1)Cc1ccccc1)C1CCCC1. The van der Waals surface area contributed by atoms with Gasteiger partial charge in [0.2, 0.25) is 17.7 Å². The van der Waals surface area contributed by atoms with Crippen molar-refractivity contribution in [3.63, 3.8) is 0 Å². The van der Waals surface area contributed by atoms with E-state index in [2.05, 4.69) is 45.3 Å². The number of carboxylic acid groups (broad SMARTS) is 1. The fourth-order valence-corrected chi connectivity index (χ4v) is 7.75. The minimum atomic E-state index is -1.42. The van der Waals surface area contributed by atoms with E-state index in [-0.39, 0.29) is 48.1 Å². The number of ether oxygens (including phenoxy) is 1. The van der Waals surface area contributed by atoms with Crippen LogP contribution < -0.4 is 26.0 Å². The molecule has 2 aromatic carbocycles. The number of amides is 4. The maximum atomic E-state index is 14.4. The number of likely N-dealkylation sites (N-methyl/N-ethyl adjacent to an activating group) is 2. The van der Waals surface area contributed by atoms with Crippen molar-refractivity contribution in [1.29, 1.82) is 0 Å². The third kappa shape index (κ3) is 12.3. The van der Waals surface area contributed by atoms with Crippen LogP contribution in [-0.2, 0) is 32.0 Å². The van der Waals surface area contributed by atoms with E-state index in [9.17, 15) is 29.1 Å². The summed E-state index contributed by atoms with van der Waals surface area (Å²) in [5.41, 5.74) is 2.15. The largest absolute Gasteiger partial charge is 0.489 e. The van der Waals surface area contributed by atoms with Crippen molar-refractivity contribution in [3.05, 3.63) is 89.4 Å². The molecule has 0 unspecified atom stereocenters. The van der Waals surface area contributed by atoms with Gasteiger partial charge in [0.25, 0.3) is 5.91 Å². The maximum Gasteiger partial charge on any atom is 0.305 e. The molecule has 15 heteroatoms. The van der Waals surface area contributed by atoms with E-state index in [4.69, 9.17) is 9.26 Å². The van der Waals surface area contributed by atoms with E-state index < -0.39 is 48.4 Å². The Morgan fingerprint density at radius 1 is 0.966 bits per heavy atom. The number of fused-ring (bicyclic) bond motifs is 1. The molecule has 316 valence electrons. The Hall–Kier alpha value is -5.83. The van der Waals surface area contributed by atoms with Crippen molar-refractivity contribution >= 4 is 40.5 Å². The Balaban J connectivity index is 1.39. The van der Waals surface area contributed by atoms with Crippen LogP contribution in [0.3, 0.4) is 0 Å². The monoisotopic (exact) mass is 811 g/mol. The number of hydrogen-bond acceptors (Lipinski definition) is 10. The van der Waals surface area contributed by atoms with Crippen molar-refractivity contribution < 1.29 is 38.3 Å². The average Bonchev–Trinajstić information content (AvgIpc) is 3.90. The van der Waals surface area contributed by atoms with Gasteiger partial charge in [-0.1, -0.05) is 80.4 Å². The zero-order chi connectivity index (χ0) is 42.5. The molecule has 0 aliphatic heterocycles. The molecule has 15 nitrogen and oxygen atoms in total. The molecule has 0 saturated heterocycles. The number of aromatic nitrogens is 2. The van der Waals surface area contributed by atoms with Crippen LogP contribution in [-0.4, -0.2) is 101 Å². The second kappa shape index (κ2) is 21.3. The number of para-hydroxylation sites is 1. The fourth-order valence-electron chi connectivity index (χ4n) is 7.75. The second-order valence-electron chi connectivity index (χ2n) is 15.7. The first-order valence-electron chi connectivity index (χ1n) is 20.4. The van der Waals surface area contributed by atoms with Crippen LogP contribution in [0.25, 0.3) is 10.9 Å². The van der Waals surface area contributed by atoms with E-state index in [0.29, 0.717) is 41.6 Å². The van der Waals surface area contributed by atoms with Gasteiger partial charge in [-0.15, -0.1) is 0 Å². The molecule has 5 N–H and O–H groups in total. The van der Waals surface area contributed by atoms with E-state index in [1.54, 1.807) is 56.3 Å². The summed E-state index contributed by atoms with van der Waals surface area (Å²) in [6.45, 7) is 5.93. The molecule has 5 rings (SSSR count). The summed E-state index contributed by atoms with van der Waals surface area (Å²) >= 11 is 0. The van der Waals surface area contributed by atoms with Gasteiger partial charge >= 0.3 is 5.97 Å². The van der Waals surface area contributed by atoms with Gasteiger partial charge < -0.3 is 40.5 Å². The predicted octanol–water partition coefficient (Wildman–Crippen LogP) is 4.22. The number of hydrogen-bond donors (Lipinski definition) is 5. The molecule has 4 amide bonds. The van der Waals surface area contributed by atoms with Gasteiger partial charge in [-0.3, -0.25) is 29.0 Å². The summed E-state index contributed by atoms with van der Waals surface area (Å²) in [6.07, 6.45) is 5.67. The van der Waals surface area contributed by atoms with Gasteiger partial charge in [-0.2, -0.15) is 0 Å². The van der Waals surface area contributed by atoms with Gasteiger partial charge in [0.05, 0.1) is 41.5 Å². The highest BCUT2D eigenvalue weighted by Crippen LogP contribution is 2.31. The van der Waals surface area contributed by atoms with Crippen LogP contribution in [0.2, 0.25) is 0 Å². The lowest BCUT2D eigenvalue weighted by Crippen LogP contribution is -2.57. The highest BCUT2D eigenvalue weighted by atomic mass is 16.5. The number of pyridine rings is 1. The van der Waals surface area contributed by atoms with Crippen molar-refractivity contribution in [2.45, 2.75) is 96.3 Å². The van der Waals surface area contributed by atoms with Crippen molar-refractivity contribution in [3.8, 4) is 5.75 Å². The van der Waals surface area contributed by atoms with E-state index in [1.165, 1.54) is 6.20 Å². The number of benzene rings is 2. The molecule has 1 aliphatic rings. The predicted molar refractivity (Wildman–Crippen MR) is 222 cm³/mol. The fraction of sp³-hybridized carbons (Fsp3) is 0.477. The standard InChI is InChI=1S/C44H57N7O8/c1-27(2)21-36(45-4)44(57)51(5)40(30-15-9-10-16-30)43(56)48-31(23-29-13-7-6-8-14-29)26-58-37-25-47-34-18-12-11-17-33(34)39(37)42(55)49-35(24-38(52)53)41(54)46-20-19-32-22-28(3)50-59-32/h6-8,11-14,17-18,22,25,27,30-31,35-36,40,45H,9-10,15-16,19-21,23-24,26H2,1-5H3,(H,46,54)(H,48,56)(H,49,55)(H,52,53)/t31-,35+,36+,40-/m1/s1. The summed E-state index contributed by atoms with van der Waals surface area (Å²) in [5.74, 6) is -2.24. The number of nitrogens with one attached hydrogen (secondary N) is 4. The molecule has 1 fully saturated rings. The minimum absolute atomic E-state index is 0.0129. The Labute approximate surface area is 345 Å². The summed E-state index contributed by atoms with van der Waals surface area (Å²) < 4.78 is 11.6. The first kappa shape index (κ1) is 44.3. The number of aliphatic carboxylic acids is 1. The van der Waals surface area contributed by atoms with Crippen LogP contribution in [0.4, 0.5) is 0 Å². The molecule has 1 saturated carbocycles. The Kier molecular flexibility index (Phi) is 15.9. The quantitative estimate of drug-likeness (QED) is 0.0806. The third-order valence-electron chi connectivity index (χ3n) is 10.7. The van der Waals surface area contributed by atoms with Crippen LogP contribution in [0, 0.1) is 18.8 Å². The van der Waals surface area contributed by atoms with E-state index in [1.807, 2.05) is 30.3 Å². The molecule has 59 heavy (non-hydrogen) atoms. The molecular weight excluding hydrogens is 755 g/mol. The minimum Gasteiger partial charge on any atom is -0.489 e. The number of aryl methyl sites for hydroxylation is 1. The number of nitrogens with zero attached hydrogens (tertiary/aromatic N) is 3. The molecular formula is C44H57N7O8. The summed E-state index contributed by atoms with van der Waals surface area (Å²) in [5, 5.41) is 25.6. The molecule has 0 spiro atoms. The second-order valence-corrected chi connectivity index (χ2v) is 15.7. The zero-order valence-corrected chi connectivity index (χ0v) is 34.5. The number of carboxylic acids is 1. The van der Waals surface area contributed by atoms with Crippen molar-refractivity contribution in [2.75, 3.05) is 27.2 Å². The van der Waals surface area contributed by atoms with Crippen LogP contribution in [0.15, 0.2) is 71.4 Å². The Bertz CT molecular complexity index is 2050. The lowest BCUT2D eigenvalue weighted by atomic mass is 9.94. The van der Waals surface area contributed by atoms with Crippen LogP contribution in [0.5, 0.6) is 5.75 Å². The normalized spacial score (nSPS) is 14.9. The highest BCUT2D eigenvalue weighted by Gasteiger charge is 2.39. The third-order valence-corrected chi connectivity index (χ3v) is 10.7. The van der Waals surface area contributed by atoms with E-state index >= 15 is 0 Å². The van der Waals surface area contributed by atoms with Gasteiger partial charge in [0, 0.05) is 31.5 Å². The maximum absolute atomic E-state index is 14.4. The van der Waals surface area contributed by atoms with Crippen molar-refractivity contribution in [2.24, 2.45) is 11.8 Å². The summed E-state index contributed by atoms with van der Waals surface area (Å²) in [4.78, 5) is 73.8. The average molecular weight is 812 g/mol. The van der Waals surface area contributed by atoms with E-state index in [0.717, 1.165) is 31.2 Å². The zero-order valence-electron chi connectivity index (χ0n) is 34.5. The van der Waals surface area contributed by atoms with Gasteiger partial charge in [-0.25, -0.2) is 0 Å². The lowest BCUT2D eigenvalue weighted by molar-refractivity contribution is -0.143. The first-order chi connectivity index (χ1) is 28.3. The molecule has 2 heterocycles. The Morgan fingerprint density at radius 3 is 2.34 bits per heavy atom. The smallest absolute Gasteiger partial charge is 0.305 e. The molecule has 4 atom stereocenters. The summed E-state index contributed by atoms with van der Waals surface area (Å²) in [6, 6.07) is 15.1. The number of carbonyl (C=O) groups is 5.